The minimum atomic E-state index is -0.432. The SMILES string of the molecule is CC(=O)N(C)C1CCC2(CC1)CN(C(=O)c1cnn(C)c1)Cc1ccccc1O2. The summed E-state index contributed by atoms with van der Waals surface area (Å²) in [7, 11) is 3.68. The normalized spacial score (nSPS) is 23.8. The molecule has 0 unspecified atom stereocenters. The zero-order chi connectivity index (χ0) is 20.6. The first-order valence-corrected chi connectivity index (χ1v) is 10.2. The van der Waals surface area contributed by atoms with Gasteiger partial charge in [0, 0.05) is 45.4 Å². The monoisotopic (exact) mass is 396 g/mol. The standard InChI is InChI=1S/C22H28N4O3/c1-16(27)25(3)19-8-10-22(11-9-19)15-26(21(28)18-12-23-24(2)13-18)14-17-6-4-5-7-20(17)29-22/h4-7,12-13,19H,8-11,14-15H2,1-3H3. The van der Waals surface area contributed by atoms with Crippen LogP contribution in [0.4, 0.5) is 0 Å². The lowest BCUT2D eigenvalue weighted by molar-refractivity contribution is -0.131. The minimum absolute atomic E-state index is 0.0271. The average molecular weight is 396 g/mol. The van der Waals surface area contributed by atoms with Crippen LogP contribution in [-0.4, -0.2) is 56.6 Å². The van der Waals surface area contributed by atoms with E-state index < -0.39 is 5.60 Å². The second kappa shape index (κ2) is 7.54. The van der Waals surface area contributed by atoms with Gasteiger partial charge < -0.3 is 14.5 Å². The first-order chi connectivity index (χ1) is 13.9. The van der Waals surface area contributed by atoms with Crippen molar-refractivity contribution in [3.63, 3.8) is 0 Å². The molecule has 7 nitrogen and oxygen atoms in total. The third kappa shape index (κ3) is 3.86. The largest absolute Gasteiger partial charge is 0.485 e. The van der Waals surface area contributed by atoms with Crippen LogP contribution in [0.3, 0.4) is 0 Å². The Kier molecular flexibility index (Phi) is 5.06. The molecule has 1 aliphatic carbocycles. The number of hydrogen-bond acceptors (Lipinski definition) is 4. The predicted molar refractivity (Wildman–Crippen MR) is 108 cm³/mol. The first-order valence-electron chi connectivity index (χ1n) is 10.2. The predicted octanol–water partition coefficient (Wildman–Crippen LogP) is 2.61. The highest BCUT2D eigenvalue weighted by Gasteiger charge is 2.43. The van der Waals surface area contributed by atoms with Gasteiger partial charge in [-0.2, -0.15) is 5.10 Å². The molecule has 2 heterocycles. The number of amides is 2. The van der Waals surface area contributed by atoms with Gasteiger partial charge in [0.05, 0.1) is 18.3 Å². The second-order valence-corrected chi connectivity index (χ2v) is 8.32. The van der Waals surface area contributed by atoms with Crippen LogP contribution < -0.4 is 4.74 Å². The number of carbonyl (C=O) groups is 2. The van der Waals surface area contributed by atoms with E-state index in [1.807, 2.05) is 48.2 Å². The molecule has 1 aromatic carbocycles. The van der Waals surface area contributed by atoms with Crippen molar-refractivity contribution in [3.05, 3.63) is 47.8 Å². The van der Waals surface area contributed by atoms with Gasteiger partial charge in [-0.15, -0.1) is 0 Å². The zero-order valence-corrected chi connectivity index (χ0v) is 17.3. The van der Waals surface area contributed by atoms with Gasteiger partial charge in [-0.05, 0) is 31.7 Å². The number of fused-ring (bicyclic) bond motifs is 1. The van der Waals surface area contributed by atoms with Crippen LogP contribution in [0.25, 0.3) is 0 Å². The Morgan fingerprint density at radius 2 is 1.97 bits per heavy atom. The summed E-state index contributed by atoms with van der Waals surface area (Å²) >= 11 is 0. The summed E-state index contributed by atoms with van der Waals surface area (Å²) in [5.41, 5.74) is 1.18. The lowest BCUT2D eigenvalue weighted by atomic mass is 9.81. The number of carbonyl (C=O) groups excluding carboxylic acids is 2. The average Bonchev–Trinajstić information content (AvgIpc) is 3.07. The summed E-state index contributed by atoms with van der Waals surface area (Å²) in [5.74, 6) is 0.916. The number of hydrogen-bond donors (Lipinski definition) is 0. The molecule has 154 valence electrons. The highest BCUT2D eigenvalue weighted by molar-refractivity contribution is 5.93. The van der Waals surface area contributed by atoms with E-state index in [9.17, 15) is 9.59 Å². The lowest BCUT2D eigenvalue weighted by Gasteiger charge is -2.43. The van der Waals surface area contributed by atoms with Crippen molar-refractivity contribution < 1.29 is 14.3 Å². The number of ether oxygens (including phenoxy) is 1. The molecular formula is C22H28N4O3. The Balaban J connectivity index is 1.61. The van der Waals surface area contributed by atoms with Crippen molar-refractivity contribution in [2.75, 3.05) is 13.6 Å². The number of aryl methyl sites for hydroxylation is 1. The maximum Gasteiger partial charge on any atom is 0.257 e. The van der Waals surface area contributed by atoms with Crippen molar-refractivity contribution in [2.24, 2.45) is 7.05 Å². The fourth-order valence-corrected chi connectivity index (χ4v) is 4.50. The third-order valence-corrected chi connectivity index (χ3v) is 6.29. The maximum absolute atomic E-state index is 13.2. The second-order valence-electron chi connectivity index (χ2n) is 8.32. The van der Waals surface area contributed by atoms with E-state index in [0.717, 1.165) is 37.0 Å². The molecular weight excluding hydrogens is 368 g/mol. The molecule has 29 heavy (non-hydrogen) atoms. The number of rotatable bonds is 2. The molecule has 2 aromatic rings. The molecule has 1 aromatic heterocycles. The van der Waals surface area contributed by atoms with Crippen LogP contribution in [0.15, 0.2) is 36.7 Å². The van der Waals surface area contributed by atoms with E-state index in [0.29, 0.717) is 18.7 Å². The molecule has 0 atom stereocenters. The lowest BCUT2D eigenvalue weighted by Crippen LogP contribution is -2.52. The van der Waals surface area contributed by atoms with Gasteiger partial charge in [0.1, 0.15) is 11.4 Å². The Labute approximate surface area is 171 Å². The Morgan fingerprint density at radius 1 is 1.24 bits per heavy atom. The molecule has 1 saturated carbocycles. The number of aromatic nitrogens is 2. The zero-order valence-electron chi connectivity index (χ0n) is 17.3. The Morgan fingerprint density at radius 3 is 2.62 bits per heavy atom. The highest BCUT2D eigenvalue weighted by atomic mass is 16.5. The molecule has 2 amide bonds. The van der Waals surface area contributed by atoms with Gasteiger partial charge in [-0.1, -0.05) is 18.2 Å². The van der Waals surface area contributed by atoms with Crippen LogP contribution in [0.2, 0.25) is 0 Å². The molecule has 1 aliphatic heterocycles. The van der Waals surface area contributed by atoms with Crippen molar-refractivity contribution in [1.82, 2.24) is 19.6 Å². The van der Waals surface area contributed by atoms with Gasteiger partial charge in [-0.3, -0.25) is 14.3 Å². The van der Waals surface area contributed by atoms with Crippen molar-refractivity contribution in [3.8, 4) is 5.75 Å². The van der Waals surface area contributed by atoms with E-state index in [-0.39, 0.29) is 17.9 Å². The van der Waals surface area contributed by atoms with E-state index in [2.05, 4.69) is 5.10 Å². The number of para-hydroxylation sites is 1. The molecule has 0 saturated heterocycles. The molecule has 0 radical (unpaired) electrons. The van der Waals surface area contributed by atoms with Gasteiger partial charge in [0.2, 0.25) is 5.91 Å². The van der Waals surface area contributed by atoms with E-state index in [1.54, 1.807) is 24.0 Å². The molecule has 4 rings (SSSR count). The van der Waals surface area contributed by atoms with Crippen LogP contribution in [0, 0.1) is 0 Å². The van der Waals surface area contributed by atoms with Gasteiger partial charge in [-0.25, -0.2) is 0 Å². The van der Waals surface area contributed by atoms with Crippen molar-refractivity contribution in [1.29, 1.82) is 0 Å². The Hall–Kier alpha value is -2.83. The molecule has 2 aliphatic rings. The summed E-state index contributed by atoms with van der Waals surface area (Å²) < 4.78 is 8.22. The maximum atomic E-state index is 13.2. The summed E-state index contributed by atoms with van der Waals surface area (Å²) in [5, 5.41) is 4.15. The third-order valence-electron chi connectivity index (χ3n) is 6.29. The summed E-state index contributed by atoms with van der Waals surface area (Å²) in [4.78, 5) is 28.7. The first kappa shape index (κ1) is 19.5. The van der Waals surface area contributed by atoms with Gasteiger partial charge in [0.25, 0.3) is 5.91 Å². The van der Waals surface area contributed by atoms with Crippen LogP contribution >= 0.6 is 0 Å². The van der Waals surface area contributed by atoms with Crippen molar-refractivity contribution in [2.45, 2.75) is 50.8 Å². The van der Waals surface area contributed by atoms with Crippen molar-refractivity contribution >= 4 is 11.8 Å². The van der Waals surface area contributed by atoms with E-state index in [1.165, 1.54) is 0 Å². The van der Waals surface area contributed by atoms with E-state index >= 15 is 0 Å². The summed E-state index contributed by atoms with van der Waals surface area (Å²) in [6, 6.07) is 8.18. The van der Waals surface area contributed by atoms with Crippen LogP contribution in [-0.2, 0) is 18.4 Å². The molecule has 0 N–H and O–H groups in total. The molecule has 0 bridgehead atoms. The minimum Gasteiger partial charge on any atom is -0.485 e. The fraction of sp³-hybridized carbons (Fsp3) is 0.500. The molecule has 1 spiro atoms. The van der Waals surface area contributed by atoms with E-state index in [4.69, 9.17) is 4.74 Å². The van der Waals surface area contributed by atoms with Gasteiger partial charge >= 0.3 is 0 Å². The quantitative estimate of drug-likeness (QED) is 0.783. The smallest absolute Gasteiger partial charge is 0.257 e. The van der Waals surface area contributed by atoms with Crippen LogP contribution in [0.5, 0.6) is 5.75 Å². The van der Waals surface area contributed by atoms with Crippen LogP contribution in [0.1, 0.15) is 48.5 Å². The summed E-state index contributed by atoms with van der Waals surface area (Å²) in [6.07, 6.45) is 6.72. The fourth-order valence-electron chi connectivity index (χ4n) is 4.50. The molecule has 1 fully saturated rings. The Bertz CT molecular complexity index is 914. The highest BCUT2D eigenvalue weighted by Crippen LogP contribution is 2.39. The van der Waals surface area contributed by atoms with Gasteiger partial charge in [0.15, 0.2) is 0 Å². The number of benzene rings is 1. The number of nitrogens with zero attached hydrogens (tertiary/aromatic N) is 4. The molecule has 7 heteroatoms. The summed E-state index contributed by atoms with van der Waals surface area (Å²) in [6.45, 7) is 2.66. The topological polar surface area (TPSA) is 67.7 Å².